The number of aryl methyl sites for hydroxylation is 1. The van der Waals surface area contributed by atoms with Crippen molar-refractivity contribution >= 4 is 11.7 Å². The lowest BCUT2D eigenvalue weighted by Crippen LogP contribution is -2.15. The Kier molecular flexibility index (Phi) is 4.86. The van der Waals surface area contributed by atoms with Crippen LogP contribution in [0.3, 0.4) is 0 Å². The van der Waals surface area contributed by atoms with Gasteiger partial charge in [0.2, 0.25) is 5.91 Å². The van der Waals surface area contributed by atoms with Crippen LogP contribution in [-0.4, -0.2) is 22.7 Å². The quantitative estimate of drug-likeness (QED) is 0.861. The van der Waals surface area contributed by atoms with Crippen LogP contribution in [0.5, 0.6) is 5.75 Å². The number of H-pyrrole nitrogens is 1. The summed E-state index contributed by atoms with van der Waals surface area (Å²) in [5, 5.41) is 9.31. The van der Waals surface area contributed by atoms with E-state index in [1.54, 1.807) is 18.3 Å². The molecule has 1 heterocycles. The second-order valence-electron chi connectivity index (χ2n) is 4.37. The summed E-state index contributed by atoms with van der Waals surface area (Å²) >= 11 is 0. The fourth-order valence-electron chi connectivity index (χ4n) is 1.85. The molecule has 21 heavy (non-hydrogen) atoms. The average molecular weight is 295 g/mol. The zero-order valence-electron chi connectivity index (χ0n) is 11.4. The molecule has 0 aliphatic rings. The highest BCUT2D eigenvalue weighted by atomic mass is 19.3. The van der Waals surface area contributed by atoms with Crippen molar-refractivity contribution in [2.75, 3.05) is 5.32 Å². The number of carbonyl (C=O) groups excluding carboxylic acids is 1. The fraction of sp³-hybridized carbons (Fsp3) is 0.286. The predicted octanol–water partition coefficient (Wildman–Crippen LogP) is 2.75. The largest absolute Gasteiger partial charge is 0.435 e. The summed E-state index contributed by atoms with van der Waals surface area (Å²) in [6, 6.07) is 5.96. The van der Waals surface area contributed by atoms with Gasteiger partial charge < -0.3 is 10.1 Å². The normalized spacial score (nSPS) is 10.7. The second-order valence-corrected chi connectivity index (χ2v) is 4.37. The Morgan fingerprint density at radius 3 is 2.71 bits per heavy atom. The molecule has 1 aromatic carbocycles. The maximum Gasteiger partial charge on any atom is 0.387 e. The van der Waals surface area contributed by atoms with Crippen molar-refractivity contribution in [1.82, 2.24) is 10.2 Å². The maximum absolute atomic E-state index is 12.0. The Morgan fingerprint density at radius 2 is 2.10 bits per heavy atom. The van der Waals surface area contributed by atoms with Crippen molar-refractivity contribution in [3.63, 3.8) is 0 Å². The Bertz CT molecular complexity index is 597. The molecule has 0 unspecified atom stereocenters. The van der Waals surface area contributed by atoms with Crippen LogP contribution in [0.1, 0.15) is 18.1 Å². The second kappa shape index (κ2) is 6.83. The van der Waals surface area contributed by atoms with E-state index >= 15 is 0 Å². The van der Waals surface area contributed by atoms with E-state index in [0.717, 1.165) is 12.0 Å². The molecule has 0 bridgehead atoms. The molecule has 1 amide bonds. The SMILES string of the molecule is CCc1cn[nH]c1NC(=O)Cc1ccc(OC(F)F)cc1. The molecule has 0 saturated heterocycles. The van der Waals surface area contributed by atoms with Gasteiger partial charge in [0.05, 0.1) is 12.6 Å². The lowest BCUT2D eigenvalue weighted by atomic mass is 10.1. The van der Waals surface area contributed by atoms with E-state index in [-0.39, 0.29) is 18.1 Å². The molecule has 2 rings (SSSR count). The number of hydrogen-bond donors (Lipinski definition) is 2. The molecule has 0 saturated carbocycles. The summed E-state index contributed by atoms with van der Waals surface area (Å²) in [4.78, 5) is 11.9. The minimum Gasteiger partial charge on any atom is -0.435 e. The lowest BCUT2D eigenvalue weighted by molar-refractivity contribution is -0.115. The number of rotatable bonds is 6. The van der Waals surface area contributed by atoms with Gasteiger partial charge in [0, 0.05) is 5.56 Å². The zero-order valence-corrected chi connectivity index (χ0v) is 11.4. The van der Waals surface area contributed by atoms with Crippen LogP contribution >= 0.6 is 0 Å². The topological polar surface area (TPSA) is 67.0 Å². The highest BCUT2D eigenvalue weighted by Crippen LogP contribution is 2.16. The van der Waals surface area contributed by atoms with Crippen LogP contribution in [0.4, 0.5) is 14.6 Å². The molecule has 7 heteroatoms. The smallest absolute Gasteiger partial charge is 0.387 e. The summed E-state index contributed by atoms with van der Waals surface area (Å²) in [6.45, 7) is -0.894. The van der Waals surface area contributed by atoms with E-state index in [2.05, 4.69) is 20.3 Å². The minimum absolute atomic E-state index is 0.0657. The van der Waals surface area contributed by atoms with Crippen LogP contribution in [-0.2, 0) is 17.6 Å². The van der Waals surface area contributed by atoms with Crippen LogP contribution in [0.15, 0.2) is 30.5 Å². The van der Waals surface area contributed by atoms with Crippen molar-refractivity contribution in [2.45, 2.75) is 26.4 Å². The van der Waals surface area contributed by atoms with E-state index in [1.165, 1.54) is 12.1 Å². The van der Waals surface area contributed by atoms with Gasteiger partial charge in [0.15, 0.2) is 0 Å². The molecule has 112 valence electrons. The summed E-state index contributed by atoms with van der Waals surface area (Å²) in [7, 11) is 0. The van der Waals surface area contributed by atoms with E-state index in [1.807, 2.05) is 6.92 Å². The van der Waals surface area contributed by atoms with Gasteiger partial charge in [-0.3, -0.25) is 9.89 Å². The van der Waals surface area contributed by atoms with Gasteiger partial charge in [0.1, 0.15) is 11.6 Å². The van der Waals surface area contributed by atoms with E-state index in [9.17, 15) is 13.6 Å². The third-order valence-corrected chi connectivity index (χ3v) is 2.88. The van der Waals surface area contributed by atoms with Gasteiger partial charge in [0.25, 0.3) is 0 Å². The van der Waals surface area contributed by atoms with Crippen molar-refractivity contribution in [2.24, 2.45) is 0 Å². The number of ether oxygens (including phenoxy) is 1. The Hall–Kier alpha value is -2.44. The highest BCUT2D eigenvalue weighted by molar-refractivity contribution is 5.91. The monoisotopic (exact) mass is 295 g/mol. The minimum atomic E-state index is -2.85. The number of anilines is 1. The number of amides is 1. The highest BCUT2D eigenvalue weighted by Gasteiger charge is 2.09. The standard InChI is InChI=1S/C14H15F2N3O2/c1-2-10-8-17-19-13(10)18-12(20)7-9-3-5-11(6-4-9)21-14(15)16/h3-6,8,14H,2,7H2,1H3,(H2,17,18,19,20). The summed E-state index contributed by atoms with van der Waals surface area (Å²) < 4.78 is 28.3. The van der Waals surface area contributed by atoms with Crippen molar-refractivity contribution < 1.29 is 18.3 Å². The van der Waals surface area contributed by atoms with Gasteiger partial charge in [-0.05, 0) is 24.1 Å². The Labute approximate surface area is 120 Å². The number of benzene rings is 1. The Morgan fingerprint density at radius 1 is 1.38 bits per heavy atom. The first-order valence-electron chi connectivity index (χ1n) is 6.44. The number of aromatic nitrogens is 2. The van der Waals surface area contributed by atoms with E-state index in [0.29, 0.717) is 11.4 Å². The number of nitrogens with one attached hydrogen (secondary N) is 2. The molecule has 5 nitrogen and oxygen atoms in total. The number of nitrogens with zero attached hydrogens (tertiary/aromatic N) is 1. The molecule has 0 spiro atoms. The number of carbonyl (C=O) groups is 1. The first-order chi connectivity index (χ1) is 10.1. The van der Waals surface area contributed by atoms with Gasteiger partial charge in [-0.2, -0.15) is 13.9 Å². The first kappa shape index (κ1) is 15.0. The molecule has 1 aromatic heterocycles. The summed E-state index contributed by atoms with van der Waals surface area (Å²) in [6.07, 6.45) is 2.55. The van der Waals surface area contributed by atoms with Crippen molar-refractivity contribution in [3.8, 4) is 5.75 Å². The fourth-order valence-corrected chi connectivity index (χ4v) is 1.85. The summed E-state index contributed by atoms with van der Waals surface area (Å²) in [5.41, 5.74) is 1.62. The molecule has 0 aliphatic heterocycles. The van der Waals surface area contributed by atoms with Crippen LogP contribution in [0.2, 0.25) is 0 Å². The number of halogens is 2. The van der Waals surface area contributed by atoms with Crippen LogP contribution in [0.25, 0.3) is 0 Å². The third-order valence-electron chi connectivity index (χ3n) is 2.88. The maximum atomic E-state index is 12.0. The van der Waals surface area contributed by atoms with Gasteiger partial charge in [-0.1, -0.05) is 19.1 Å². The van der Waals surface area contributed by atoms with E-state index in [4.69, 9.17) is 0 Å². The lowest BCUT2D eigenvalue weighted by Gasteiger charge is -2.07. The first-order valence-corrected chi connectivity index (χ1v) is 6.44. The number of aromatic amines is 1. The number of hydrogen-bond acceptors (Lipinski definition) is 3. The van der Waals surface area contributed by atoms with Gasteiger partial charge >= 0.3 is 6.61 Å². The van der Waals surface area contributed by atoms with Crippen LogP contribution < -0.4 is 10.1 Å². The zero-order chi connectivity index (χ0) is 15.2. The average Bonchev–Trinajstić information content (AvgIpc) is 2.87. The molecular weight excluding hydrogens is 280 g/mol. The van der Waals surface area contributed by atoms with Gasteiger partial charge in [-0.25, -0.2) is 0 Å². The molecule has 2 N–H and O–H groups in total. The van der Waals surface area contributed by atoms with Crippen molar-refractivity contribution in [1.29, 1.82) is 0 Å². The molecule has 0 fully saturated rings. The van der Waals surface area contributed by atoms with Crippen LogP contribution in [0, 0.1) is 0 Å². The molecule has 0 radical (unpaired) electrons. The molecule has 0 aliphatic carbocycles. The number of alkyl halides is 2. The third kappa shape index (κ3) is 4.27. The predicted molar refractivity (Wildman–Crippen MR) is 73.4 cm³/mol. The van der Waals surface area contributed by atoms with Gasteiger partial charge in [-0.15, -0.1) is 0 Å². The molecule has 0 atom stereocenters. The molecular formula is C14H15F2N3O2. The molecule has 2 aromatic rings. The van der Waals surface area contributed by atoms with Crippen molar-refractivity contribution in [3.05, 3.63) is 41.6 Å². The van der Waals surface area contributed by atoms with E-state index < -0.39 is 6.61 Å². The Balaban J connectivity index is 1.93. The summed E-state index contributed by atoms with van der Waals surface area (Å²) in [5.74, 6) is 0.438.